The number of aromatic carboxylic acids is 1. The molecule has 0 atom stereocenters. The largest absolute Gasteiger partial charge is 0.476 e. The Bertz CT molecular complexity index is 500. The van der Waals surface area contributed by atoms with E-state index in [1.807, 2.05) is 0 Å². The first-order chi connectivity index (χ1) is 8.44. The lowest BCUT2D eigenvalue weighted by molar-refractivity contribution is 0.0690. The fourth-order valence-corrected chi connectivity index (χ4v) is 2.09. The van der Waals surface area contributed by atoms with Gasteiger partial charge >= 0.3 is 5.97 Å². The fraction of sp³-hybridized carbons (Fsp3) is 0.444. The van der Waals surface area contributed by atoms with E-state index in [-0.39, 0.29) is 18.0 Å². The molecule has 0 aromatic carbocycles. The van der Waals surface area contributed by atoms with Crippen LogP contribution in [0.15, 0.2) is 12.4 Å². The summed E-state index contributed by atoms with van der Waals surface area (Å²) >= 11 is 0. The summed E-state index contributed by atoms with van der Waals surface area (Å²) in [4.78, 5) is 18.0. The maximum Gasteiger partial charge on any atom is 0.356 e. The Morgan fingerprint density at radius 3 is 2.61 bits per heavy atom. The van der Waals surface area contributed by atoms with E-state index in [2.05, 4.69) is 20.0 Å². The Labute approximate surface area is 105 Å². The van der Waals surface area contributed by atoms with Gasteiger partial charge in [0.15, 0.2) is 5.69 Å². The minimum absolute atomic E-state index is 0.0940. The van der Waals surface area contributed by atoms with Gasteiger partial charge in [0.2, 0.25) is 10.0 Å². The van der Waals surface area contributed by atoms with Crippen molar-refractivity contribution in [3.8, 4) is 0 Å². The van der Waals surface area contributed by atoms with Crippen LogP contribution in [0.5, 0.6) is 0 Å². The summed E-state index contributed by atoms with van der Waals surface area (Å²) in [6, 6.07) is 0. The molecule has 0 aliphatic heterocycles. The number of rotatable bonds is 7. The van der Waals surface area contributed by atoms with Crippen LogP contribution in [0.4, 0.5) is 5.82 Å². The van der Waals surface area contributed by atoms with Crippen molar-refractivity contribution < 1.29 is 18.3 Å². The van der Waals surface area contributed by atoms with E-state index in [9.17, 15) is 13.2 Å². The van der Waals surface area contributed by atoms with E-state index >= 15 is 0 Å². The molecule has 1 aromatic rings. The zero-order valence-electron chi connectivity index (χ0n) is 9.75. The monoisotopic (exact) mass is 274 g/mol. The van der Waals surface area contributed by atoms with Gasteiger partial charge in [-0.25, -0.2) is 27.9 Å². The molecule has 0 unspecified atom stereocenters. The van der Waals surface area contributed by atoms with Gasteiger partial charge in [0.05, 0.1) is 18.1 Å². The third-order valence-electron chi connectivity index (χ3n) is 1.91. The van der Waals surface area contributed by atoms with E-state index in [1.54, 1.807) is 6.92 Å². The fourth-order valence-electron chi connectivity index (χ4n) is 1.14. The van der Waals surface area contributed by atoms with Gasteiger partial charge in [-0.05, 0) is 0 Å². The third kappa shape index (κ3) is 4.63. The minimum Gasteiger partial charge on any atom is -0.476 e. The predicted molar refractivity (Wildman–Crippen MR) is 64.9 cm³/mol. The molecule has 0 saturated heterocycles. The predicted octanol–water partition coefficient (Wildman–Crippen LogP) is -0.474. The molecule has 0 amide bonds. The highest BCUT2D eigenvalue weighted by Crippen LogP contribution is 2.00. The summed E-state index contributed by atoms with van der Waals surface area (Å²) in [6.07, 6.45) is 2.34. The highest BCUT2D eigenvalue weighted by Gasteiger charge is 2.08. The zero-order chi connectivity index (χ0) is 13.6. The second-order valence-corrected chi connectivity index (χ2v) is 5.26. The Kier molecular flexibility index (Phi) is 4.98. The summed E-state index contributed by atoms with van der Waals surface area (Å²) in [6.45, 7) is 2.20. The SMILES string of the molecule is CCNS(=O)(=O)CCNc1cnc(C(=O)O)cn1. The molecule has 0 aliphatic carbocycles. The maximum absolute atomic E-state index is 11.3. The van der Waals surface area contributed by atoms with Crippen LogP contribution in [0.1, 0.15) is 17.4 Å². The molecule has 18 heavy (non-hydrogen) atoms. The Hall–Kier alpha value is -1.74. The van der Waals surface area contributed by atoms with Crippen LogP contribution in [0, 0.1) is 0 Å². The van der Waals surface area contributed by atoms with Crippen molar-refractivity contribution in [2.45, 2.75) is 6.92 Å². The zero-order valence-corrected chi connectivity index (χ0v) is 10.6. The second-order valence-electron chi connectivity index (χ2n) is 3.34. The first-order valence-corrected chi connectivity index (χ1v) is 6.86. The number of hydrogen-bond acceptors (Lipinski definition) is 6. The number of carbonyl (C=O) groups is 1. The van der Waals surface area contributed by atoms with Crippen LogP contribution in [-0.4, -0.2) is 48.3 Å². The van der Waals surface area contributed by atoms with Crippen LogP contribution in [-0.2, 0) is 10.0 Å². The molecular weight excluding hydrogens is 260 g/mol. The second kappa shape index (κ2) is 6.26. The standard InChI is InChI=1S/C9H14N4O4S/c1-2-13-18(16,17)4-3-10-8-6-11-7(5-12-8)9(14)15/h5-6,13H,2-4H2,1H3,(H,10,12)(H,14,15). The summed E-state index contributed by atoms with van der Waals surface area (Å²) in [7, 11) is -3.28. The Morgan fingerprint density at radius 2 is 2.11 bits per heavy atom. The van der Waals surface area contributed by atoms with Gasteiger partial charge in [-0.1, -0.05) is 6.92 Å². The minimum atomic E-state index is -3.28. The average molecular weight is 274 g/mol. The van der Waals surface area contributed by atoms with Crippen LogP contribution < -0.4 is 10.0 Å². The van der Waals surface area contributed by atoms with E-state index in [0.717, 1.165) is 6.20 Å². The highest BCUT2D eigenvalue weighted by atomic mass is 32.2. The van der Waals surface area contributed by atoms with E-state index in [1.165, 1.54) is 6.20 Å². The van der Waals surface area contributed by atoms with Crippen molar-refractivity contribution in [2.75, 3.05) is 24.2 Å². The number of sulfonamides is 1. The van der Waals surface area contributed by atoms with E-state index < -0.39 is 16.0 Å². The van der Waals surface area contributed by atoms with Gasteiger partial charge in [0.25, 0.3) is 0 Å². The first-order valence-electron chi connectivity index (χ1n) is 5.21. The van der Waals surface area contributed by atoms with E-state index in [0.29, 0.717) is 12.4 Å². The molecule has 3 N–H and O–H groups in total. The molecule has 0 saturated carbocycles. The molecular formula is C9H14N4O4S. The van der Waals surface area contributed by atoms with Gasteiger partial charge in [-0.3, -0.25) is 0 Å². The molecule has 1 rings (SSSR count). The Morgan fingerprint density at radius 1 is 1.39 bits per heavy atom. The average Bonchev–Trinajstić information content (AvgIpc) is 2.29. The summed E-state index contributed by atoms with van der Waals surface area (Å²) in [5.74, 6) is -0.932. The Balaban J connectivity index is 2.47. The molecule has 8 nitrogen and oxygen atoms in total. The highest BCUT2D eigenvalue weighted by molar-refractivity contribution is 7.89. The molecule has 0 aliphatic rings. The molecule has 100 valence electrons. The molecule has 0 fully saturated rings. The molecule has 1 heterocycles. The number of hydrogen-bond donors (Lipinski definition) is 3. The van der Waals surface area contributed by atoms with Crippen molar-refractivity contribution in [3.05, 3.63) is 18.1 Å². The topological polar surface area (TPSA) is 121 Å². The summed E-state index contributed by atoms with van der Waals surface area (Å²) in [5.41, 5.74) is -0.166. The number of nitrogens with one attached hydrogen (secondary N) is 2. The maximum atomic E-state index is 11.3. The van der Waals surface area contributed by atoms with Crippen molar-refractivity contribution in [1.29, 1.82) is 0 Å². The van der Waals surface area contributed by atoms with Crippen LogP contribution in [0.25, 0.3) is 0 Å². The smallest absolute Gasteiger partial charge is 0.356 e. The van der Waals surface area contributed by atoms with Gasteiger partial charge in [0.1, 0.15) is 5.82 Å². The number of carboxylic acid groups (broad SMARTS) is 1. The van der Waals surface area contributed by atoms with E-state index in [4.69, 9.17) is 5.11 Å². The normalized spacial score (nSPS) is 11.2. The van der Waals surface area contributed by atoms with Crippen LogP contribution >= 0.6 is 0 Å². The third-order valence-corrected chi connectivity index (χ3v) is 3.38. The van der Waals surface area contributed by atoms with Crippen molar-refractivity contribution in [2.24, 2.45) is 0 Å². The first kappa shape index (κ1) is 14.3. The number of anilines is 1. The number of nitrogens with zero attached hydrogens (tertiary/aromatic N) is 2. The van der Waals surface area contributed by atoms with Crippen molar-refractivity contribution in [1.82, 2.24) is 14.7 Å². The number of carboxylic acids is 1. The van der Waals surface area contributed by atoms with Gasteiger partial charge in [0, 0.05) is 13.1 Å². The van der Waals surface area contributed by atoms with Crippen LogP contribution in [0.3, 0.4) is 0 Å². The lowest BCUT2D eigenvalue weighted by Gasteiger charge is -2.06. The molecule has 0 bridgehead atoms. The van der Waals surface area contributed by atoms with Gasteiger partial charge in [-0.15, -0.1) is 0 Å². The number of aromatic nitrogens is 2. The lowest BCUT2D eigenvalue weighted by atomic mass is 10.4. The quantitative estimate of drug-likeness (QED) is 0.614. The summed E-state index contributed by atoms with van der Waals surface area (Å²) < 4.78 is 24.9. The summed E-state index contributed by atoms with van der Waals surface area (Å²) in [5, 5.41) is 11.3. The van der Waals surface area contributed by atoms with Crippen molar-refractivity contribution in [3.63, 3.8) is 0 Å². The lowest BCUT2D eigenvalue weighted by Crippen LogP contribution is -2.29. The molecule has 9 heteroatoms. The molecule has 0 radical (unpaired) electrons. The van der Waals surface area contributed by atoms with Crippen molar-refractivity contribution >= 4 is 21.8 Å². The van der Waals surface area contributed by atoms with Gasteiger partial charge < -0.3 is 10.4 Å². The van der Waals surface area contributed by atoms with Crippen LogP contribution in [0.2, 0.25) is 0 Å². The molecule has 1 aromatic heterocycles. The van der Waals surface area contributed by atoms with Gasteiger partial charge in [-0.2, -0.15) is 0 Å². The molecule has 0 spiro atoms.